The number of piperazine rings is 1. The van der Waals surface area contributed by atoms with Crippen molar-refractivity contribution in [2.24, 2.45) is 0 Å². The van der Waals surface area contributed by atoms with E-state index in [4.69, 9.17) is 0 Å². The average Bonchev–Trinajstić information content (AvgIpc) is 2.39. The third-order valence-corrected chi connectivity index (χ3v) is 3.55. The van der Waals surface area contributed by atoms with Crippen LogP contribution in [0, 0.1) is 6.92 Å². The summed E-state index contributed by atoms with van der Waals surface area (Å²) < 4.78 is 0. The van der Waals surface area contributed by atoms with Gasteiger partial charge >= 0.3 is 6.03 Å². The fourth-order valence-electron chi connectivity index (χ4n) is 2.47. The van der Waals surface area contributed by atoms with Gasteiger partial charge in [-0.3, -0.25) is 0 Å². The summed E-state index contributed by atoms with van der Waals surface area (Å²) in [4.78, 5) is 13.9. The first kappa shape index (κ1) is 13.9. The number of aryl methyl sites for hydroxylation is 1. The number of benzene rings is 1. The molecule has 2 amide bonds. The van der Waals surface area contributed by atoms with Crippen molar-refractivity contribution in [2.75, 3.05) is 31.5 Å². The van der Waals surface area contributed by atoms with Gasteiger partial charge in [-0.25, -0.2) is 4.79 Å². The van der Waals surface area contributed by atoms with Crippen molar-refractivity contribution < 1.29 is 4.79 Å². The molecule has 0 spiro atoms. The van der Waals surface area contributed by atoms with Gasteiger partial charge in [0, 0.05) is 31.9 Å². The molecule has 1 aromatic rings. The molecule has 2 N–H and O–H groups in total. The molecule has 0 bridgehead atoms. The molecule has 1 heterocycles. The number of hydrogen-bond acceptors (Lipinski definition) is 2. The monoisotopic (exact) mass is 261 g/mol. The first-order chi connectivity index (χ1) is 9.08. The number of carbonyl (C=O) groups excluding carboxylic acids is 1. The smallest absolute Gasteiger partial charge is 0.321 e. The van der Waals surface area contributed by atoms with Crippen LogP contribution in [0.3, 0.4) is 0 Å². The van der Waals surface area contributed by atoms with Crippen molar-refractivity contribution in [1.29, 1.82) is 0 Å². The minimum absolute atomic E-state index is 0.00167. The number of carbonyl (C=O) groups is 1. The molecule has 0 unspecified atom stereocenters. The van der Waals surface area contributed by atoms with Crippen LogP contribution in [-0.4, -0.2) is 37.1 Å². The zero-order valence-corrected chi connectivity index (χ0v) is 12.0. The molecule has 19 heavy (non-hydrogen) atoms. The van der Waals surface area contributed by atoms with Gasteiger partial charge in [0.2, 0.25) is 0 Å². The van der Waals surface area contributed by atoms with Gasteiger partial charge in [-0.1, -0.05) is 19.9 Å². The summed E-state index contributed by atoms with van der Waals surface area (Å²) in [6, 6.07) is 6.14. The normalized spacial score (nSPS) is 15.7. The lowest BCUT2D eigenvalue weighted by Gasteiger charge is -2.27. The van der Waals surface area contributed by atoms with Gasteiger partial charge in [-0.05, 0) is 36.1 Å². The minimum Gasteiger partial charge on any atom is -0.322 e. The SMILES string of the molecule is Cc1cc(NC(=O)N2CCNCC2)ccc1C(C)C. The number of urea groups is 1. The van der Waals surface area contributed by atoms with Gasteiger partial charge in [0.25, 0.3) is 0 Å². The Kier molecular flexibility index (Phi) is 4.43. The Morgan fingerprint density at radius 1 is 1.32 bits per heavy atom. The van der Waals surface area contributed by atoms with Crippen LogP contribution in [0.4, 0.5) is 10.5 Å². The summed E-state index contributed by atoms with van der Waals surface area (Å²) in [7, 11) is 0. The van der Waals surface area contributed by atoms with Crippen LogP contribution in [-0.2, 0) is 0 Å². The summed E-state index contributed by atoms with van der Waals surface area (Å²) in [5, 5.41) is 6.22. The molecule has 0 aliphatic carbocycles. The van der Waals surface area contributed by atoms with E-state index in [1.54, 1.807) is 0 Å². The van der Waals surface area contributed by atoms with Crippen molar-refractivity contribution in [3.63, 3.8) is 0 Å². The number of nitrogens with zero attached hydrogens (tertiary/aromatic N) is 1. The Morgan fingerprint density at radius 3 is 2.58 bits per heavy atom. The lowest BCUT2D eigenvalue weighted by Crippen LogP contribution is -2.48. The molecule has 0 saturated carbocycles. The van der Waals surface area contributed by atoms with Crippen molar-refractivity contribution in [3.8, 4) is 0 Å². The predicted octanol–water partition coefficient (Wildman–Crippen LogP) is 2.56. The summed E-state index contributed by atoms with van der Waals surface area (Å²) >= 11 is 0. The lowest BCUT2D eigenvalue weighted by molar-refractivity contribution is 0.204. The highest BCUT2D eigenvalue weighted by Crippen LogP contribution is 2.22. The number of rotatable bonds is 2. The van der Waals surface area contributed by atoms with Crippen molar-refractivity contribution in [1.82, 2.24) is 10.2 Å². The van der Waals surface area contributed by atoms with Crippen LogP contribution in [0.15, 0.2) is 18.2 Å². The second-order valence-electron chi connectivity index (χ2n) is 5.39. The summed E-state index contributed by atoms with van der Waals surface area (Å²) in [5.41, 5.74) is 3.44. The molecule has 2 rings (SSSR count). The second-order valence-corrected chi connectivity index (χ2v) is 5.39. The molecule has 0 radical (unpaired) electrons. The highest BCUT2D eigenvalue weighted by atomic mass is 16.2. The van der Waals surface area contributed by atoms with E-state index in [1.165, 1.54) is 11.1 Å². The van der Waals surface area contributed by atoms with E-state index >= 15 is 0 Å². The first-order valence-corrected chi connectivity index (χ1v) is 6.95. The molecule has 1 aromatic carbocycles. The molecule has 4 nitrogen and oxygen atoms in total. The van der Waals surface area contributed by atoms with Crippen molar-refractivity contribution in [2.45, 2.75) is 26.7 Å². The molecule has 0 atom stereocenters. The van der Waals surface area contributed by atoms with Crippen LogP contribution < -0.4 is 10.6 Å². The van der Waals surface area contributed by atoms with Crippen LogP contribution in [0.25, 0.3) is 0 Å². The highest BCUT2D eigenvalue weighted by Gasteiger charge is 2.16. The van der Waals surface area contributed by atoms with E-state index in [0.717, 1.165) is 31.9 Å². The summed E-state index contributed by atoms with van der Waals surface area (Å²) in [6.45, 7) is 9.75. The Balaban J connectivity index is 2.02. The van der Waals surface area contributed by atoms with Crippen LogP contribution in [0.1, 0.15) is 30.9 Å². The van der Waals surface area contributed by atoms with Crippen LogP contribution in [0.5, 0.6) is 0 Å². The molecular weight excluding hydrogens is 238 g/mol. The highest BCUT2D eigenvalue weighted by molar-refractivity contribution is 5.89. The fourth-order valence-corrected chi connectivity index (χ4v) is 2.47. The van der Waals surface area contributed by atoms with Crippen LogP contribution in [0.2, 0.25) is 0 Å². The minimum atomic E-state index is -0.00167. The maximum Gasteiger partial charge on any atom is 0.321 e. The van der Waals surface area contributed by atoms with E-state index in [1.807, 2.05) is 11.0 Å². The Bertz CT molecular complexity index is 451. The van der Waals surface area contributed by atoms with Gasteiger partial charge in [0.1, 0.15) is 0 Å². The maximum absolute atomic E-state index is 12.1. The van der Waals surface area contributed by atoms with E-state index in [-0.39, 0.29) is 6.03 Å². The van der Waals surface area contributed by atoms with Gasteiger partial charge in [-0.2, -0.15) is 0 Å². The van der Waals surface area contributed by atoms with Gasteiger partial charge in [0.05, 0.1) is 0 Å². The number of hydrogen-bond donors (Lipinski definition) is 2. The standard InChI is InChI=1S/C15H23N3O/c1-11(2)14-5-4-13(10-12(14)3)17-15(19)18-8-6-16-7-9-18/h4-5,10-11,16H,6-9H2,1-3H3,(H,17,19). The number of nitrogens with one attached hydrogen (secondary N) is 2. The summed E-state index contributed by atoms with van der Waals surface area (Å²) in [6.07, 6.45) is 0. The quantitative estimate of drug-likeness (QED) is 0.859. The first-order valence-electron chi connectivity index (χ1n) is 6.95. The van der Waals surface area contributed by atoms with Gasteiger partial charge < -0.3 is 15.5 Å². The maximum atomic E-state index is 12.1. The van der Waals surface area contributed by atoms with E-state index in [9.17, 15) is 4.79 Å². The van der Waals surface area contributed by atoms with Gasteiger partial charge in [0.15, 0.2) is 0 Å². The van der Waals surface area contributed by atoms with E-state index in [2.05, 4.69) is 43.5 Å². The van der Waals surface area contributed by atoms with Crippen molar-refractivity contribution in [3.05, 3.63) is 29.3 Å². The average molecular weight is 261 g/mol. The van der Waals surface area contributed by atoms with E-state index in [0.29, 0.717) is 5.92 Å². The molecule has 104 valence electrons. The molecule has 1 aliphatic rings. The lowest BCUT2D eigenvalue weighted by atomic mass is 9.98. The zero-order chi connectivity index (χ0) is 13.8. The zero-order valence-electron chi connectivity index (χ0n) is 12.0. The summed E-state index contributed by atoms with van der Waals surface area (Å²) in [5.74, 6) is 0.512. The Hall–Kier alpha value is -1.55. The Morgan fingerprint density at radius 2 is 2.00 bits per heavy atom. The number of anilines is 1. The molecule has 1 saturated heterocycles. The third kappa shape index (κ3) is 3.47. The molecule has 4 heteroatoms. The number of amides is 2. The Labute approximate surface area is 115 Å². The topological polar surface area (TPSA) is 44.4 Å². The molecule has 0 aromatic heterocycles. The molecule has 1 fully saturated rings. The van der Waals surface area contributed by atoms with Crippen molar-refractivity contribution >= 4 is 11.7 Å². The predicted molar refractivity (Wildman–Crippen MR) is 78.7 cm³/mol. The third-order valence-electron chi connectivity index (χ3n) is 3.55. The van der Waals surface area contributed by atoms with Crippen LogP contribution >= 0.6 is 0 Å². The molecular formula is C15H23N3O. The molecule has 1 aliphatic heterocycles. The fraction of sp³-hybridized carbons (Fsp3) is 0.533. The largest absolute Gasteiger partial charge is 0.322 e. The van der Waals surface area contributed by atoms with Gasteiger partial charge in [-0.15, -0.1) is 0 Å². The van der Waals surface area contributed by atoms with E-state index < -0.39 is 0 Å². The second kappa shape index (κ2) is 6.06.